The number of hydrogen-bond donors (Lipinski definition) is 1. The van der Waals surface area contributed by atoms with E-state index in [1.165, 1.54) is 22.0 Å². The van der Waals surface area contributed by atoms with Crippen molar-refractivity contribution in [1.29, 1.82) is 0 Å². The fraction of sp³-hybridized carbons (Fsp3) is 0.769. The molecule has 1 aliphatic rings. The van der Waals surface area contributed by atoms with Gasteiger partial charge in [-0.05, 0) is 45.1 Å². The van der Waals surface area contributed by atoms with Gasteiger partial charge in [0.25, 0.3) is 0 Å². The molecule has 1 aromatic heterocycles. The second-order valence-corrected chi connectivity index (χ2v) is 7.10. The molecule has 0 bridgehead atoms. The second-order valence-electron chi connectivity index (χ2n) is 5.69. The van der Waals surface area contributed by atoms with Crippen molar-refractivity contribution in [2.75, 3.05) is 6.54 Å². The molecule has 2 nitrogen and oxygen atoms in total. The Labute approximate surface area is 102 Å². The Morgan fingerprint density at radius 1 is 1.50 bits per heavy atom. The van der Waals surface area contributed by atoms with E-state index in [1.54, 1.807) is 11.3 Å². The maximum absolute atomic E-state index is 4.60. The number of aromatic nitrogens is 1. The topological polar surface area (TPSA) is 24.9 Å². The Hall–Kier alpha value is -0.410. The molecular weight excluding hydrogens is 216 g/mol. The fourth-order valence-electron chi connectivity index (χ4n) is 2.29. The van der Waals surface area contributed by atoms with Crippen molar-refractivity contribution in [3.63, 3.8) is 0 Å². The first-order chi connectivity index (χ1) is 7.40. The van der Waals surface area contributed by atoms with E-state index < -0.39 is 0 Å². The fourth-order valence-corrected chi connectivity index (χ4v) is 3.20. The maximum Gasteiger partial charge on any atom is 0.0900 e. The second kappa shape index (κ2) is 4.11. The minimum absolute atomic E-state index is 0.390. The summed E-state index contributed by atoms with van der Waals surface area (Å²) in [7, 11) is 0. The summed E-state index contributed by atoms with van der Waals surface area (Å²) in [5.41, 5.74) is 1.81. The molecule has 0 spiro atoms. The third-order valence-electron chi connectivity index (χ3n) is 3.74. The first-order valence-corrected chi connectivity index (χ1v) is 6.89. The van der Waals surface area contributed by atoms with E-state index in [0.717, 1.165) is 12.5 Å². The normalized spacial score (nSPS) is 24.4. The molecule has 1 heterocycles. The molecule has 0 saturated heterocycles. The molecule has 0 amide bonds. The lowest BCUT2D eigenvalue weighted by atomic mass is 10.1. The number of aryl methyl sites for hydroxylation is 2. The molecule has 0 aromatic carbocycles. The summed E-state index contributed by atoms with van der Waals surface area (Å²) >= 11 is 1.80. The van der Waals surface area contributed by atoms with Crippen LogP contribution in [0.4, 0.5) is 0 Å². The SMILES string of the molecule is Cc1nc(C(C)NCC2CC2(C)C)c(C)s1. The van der Waals surface area contributed by atoms with Crippen molar-refractivity contribution in [3.8, 4) is 0 Å². The summed E-state index contributed by atoms with van der Waals surface area (Å²) in [4.78, 5) is 5.96. The summed E-state index contributed by atoms with van der Waals surface area (Å²) in [5, 5.41) is 4.79. The standard InChI is InChI=1S/C13H22N2S/c1-8(12-9(2)16-10(3)15-12)14-7-11-6-13(11,4)5/h8,11,14H,6-7H2,1-5H3. The van der Waals surface area contributed by atoms with E-state index >= 15 is 0 Å². The molecule has 0 radical (unpaired) electrons. The third kappa shape index (κ3) is 2.46. The minimum atomic E-state index is 0.390. The monoisotopic (exact) mass is 238 g/mol. The molecule has 90 valence electrons. The zero-order valence-electron chi connectivity index (χ0n) is 10.9. The van der Waals surface area contributed by atoms with E-state index in [2.05, 4.69) is 44.9 Å². The Morgan fingerprint density at radius 3 is 2.56 bits per heavy atom. The lowest BCUT2D eigenvalue weighted by Gasteiger charge is -2.13. The van der Waals surface area contributed by atoms with E-state index in [-0.39, 0.29) is 0 Å². The zero-order chi connectivity index (χ0) is 11.9. The molecule has 1 saturated carbocycles. The molecule has 2 unspecified atom stereocenters. The smallest absolute Gasteiger partial charge is 0.0900 e. The summed E-state index contributed by atoms with van der Waals surface area (Å²) in [6.07, 6.45) is 1.36. The van der Waals surface area contributed by atoms with Gasteiger partial charge in [-0.3, -0.25) is 0 Å². The van der Waals surface area contributed by atoms with E-state index in [1.807, 2.05) is 0 Å². The Kier molecular flexibility index (Phi) is 3.10. The van der Waals surface area contributed by atoms with Crippen molar-refractivity contribution in [2.24, 2.45) is 11.3 Å². The number of nitrogens with zero attached hydrogens (tertiary/aromatic N) is 1. The summed E-state index contributed by atoms with van der Waals surface area (Å²) in [6, 6.07) is 0.390. The van der Waals surface area contributed by atoms with Crippen LogP contribution in [0.25, 0.3) is 0 Å². The van der Waals surface area contributed by atoms with Crippen molar-refractivity contribution >= 4 is 11.3 Å². The molecule has 2 atom stereocenters. The Balaban J connectivity index is 1.89. The minimum Gasteiger partial charge on any atom is -0.309 e. The summed E-state index contributed by atoms with van der Waals surface area (Å²) in [6.45, 7) is 12.3. The maximum atomic E-state index is 4.60. The molecule has 1 aliphatic carbocycles. The van der Waals surface area contributed by atoms with Crippen LogP contribution >= 0.6 is 11.3 Å². The average molecular weight is 238 g/mol. The van der Waals surface area contributed by atoms with Gasteiger partial charge in [0, 0.05) is 10.9 Å². The van der Waals surface area contributed by atoms with E-state index in [0.29, 0.717) is 11.5 Å². The predicted octanol–water partition coefficient (Wildman–Crippen LogP) is 3.46. The average Bonchev–Trinajstić information content (AvgIpc) is 2.63. The highest BCUT2D eigenvalue weighted by molar-refractivity contribution is 7.11. The quantitative estimate of drug-likeness (QED) is 0.869. The highest BCUT2D eigenvalue weighted by Crippen LogP contribution is 2.51. The van der Waals surface area contributed by atoms with Crippen LogP contribution in [0.5, 0.6) is 0 Å². The highest BCUT2D eigenvalue weighted by Gasteiger charge is 2.45. The summed E-state index contributed by atoms with van der Waals surface area (Å²) < 4.78 is 0. The van der Waals surface area contributed by atoms with Crippen LogP contribution in [0.3, 0.4) is 0 Å². The predicted molar refractivity (Wildman–Crippen MR) is 69.9 cm³/mol. The van der Waals surface area contributed by atoms with Gasteiger partial charge >= 0.3 is 0 Å². The van der Waals surface area contributed by atoms with E-state index in [9.17, 15) is 0 Å². The van der Waals surface area contributed by atoms with Crippen molar-refractivity contribution in [1.82, 2.24) is 10.3 Å². The van der Waals surface area contributed by atoms with Gasteiger partial charge in [-0.15, -0.1) is 11.3 Å². The largest absolute Gasteiger partial charge is 0.309 e. The van der Waals surface area contributed by atoms with Gasteiger partial charge in [0.2, 0.25) is 0 Å². The van der Waals surface area contributed by atoms with Gasteiger partial charge < -0.3 is 5.32 Å². The zero-order valence-corrected chi connectivity index (χ0v) is 11.7. The Morgan fingerprint density at radius 2 is 2.12 bits per heavy atom. The molecule has 1 aromatic rings. The van der Waals surface area contributed by atoms with Crippen LogP contribution < -0.4 is 5.32 Å². The van der Waals surface area contributed by atoms with Crippen LogP contribution in [0, 0.1) is 25.2 Å². The number of thiazole rings is 1. The first-order valence-electron chi connectivity index (χ1n) is 6.07. The van der Waals surface area contributed by atoms with Crippen molar-refractivity contribution < 1.29 is 0 Å². The van der Waals surface area contributed by atoms with Gasteiger partial charge in [-0.25, -0.2) is 4.98 Å². The molecular formula is C13H22N2S. The summed E-state index contributed by atoms with van der Waals surface area (Å²) in [5.74, 6) is 0.856. The number of nitrogens with one attached hydrogen (secondary N) is 1. The van der Waals surface area contributed by atoms with Crippen LogP contribution in [0.15, 0.2) is 0 Å². The molecule has 3 heteroatoms. The molecule has 0 aliphatic heterocycles. The third-order valence-corrected chi connectivity index (χ3v) is 4.64. The van der Waals surface area contributed by atoms with Gasteiger partial charge in [0.1, 0.15) is 0 Å². The number of hydrogen-bond acceptors (Lipinski definition) is 3. The van der Waals surface area contributed by atoms with Gasteiger partial charge in [-0.2, -0.15) is 0 Å². The van der Waals surface area contributed by atoms with Gasteiger partial charge in [0.15, 0.2) is 0 Å². The molecule has 2 rings (SSSR count). The lowest BCUT2D eigenvalue weighted by molar-refractivity contribution is 0.480. The van der Waals surface area contributed by atoms with Gasteiger partial charge in [0.05, 0.1) is 10.7 Å². The van der Waals surface area contributed by atoms with Crippen LogP contribution in [-0.2, 0) is 0 Å². The first kappa shape index (κ1) is 12.1. The molecule has 16 heavy (non-hydrogen) atoms. The van der Waals surface area contributed by atoms with E-state index in [4.69, 9.17) is 0 Å². The lowest BCUT2D eigenvalue weighted by Crippen LogP contribution is -2.23. The van der Waals surface area contributed by atoms with Crippen LogP contribution in [0.2, 0.25) is 0 Å². The number of rotatable bonds is 4. The Bertz CT molecular complexity index is 381. The van der Waals surface area contributed by atoms with Crippen LogP contribution in [0.1, 0.15) is 48.8 Å². The van der Waals surface area contributed by atoms with Crippen molar-refractivity contribution in [2.45, 2.75) is 47.1 Å². The molecule has 1 fully saturated rings. The van der Waals surface area contributed by atoms with Crippen molar-refractivity contribution in [3.05, 3.63) is 15.6 Å². The highest BCUT2D eigenvalue weighted by atomic mass is 32.1. The van der Waals surface area contributed by atoms with Gasteiger partial charge in [-0.1, -0.05) is 13.8 Å². The molecule has 1 N–H and O–H groups in total. The van der Waals surface area contributed by atoms with Crippen LogP contribution in [-0.4, -0.2) is 11.5 Å².